The SMILES string of the molecule is Cc1ccc(C(C)C)cc1.OCc1ccccc1. The van der Waals surface area contributed by atoms with E-state index in [1.54, 1.807) is 0 Å². The molecule has 0 fully saturated rings. The van der Waals surface area contributed by atoms with Gasteiger partial charge in [-0.2, -0.15) is 0 Å². The highest BCUT2D eigenvalue weighted by atomic mass is 16.3. The van der Waals surface area contributed by atoms with E-state index < -0.39 is 0 Å². The molecule has 0 amide bonds. The summed E-state index contributed by atoms with van der Waals surface area (Å²) in [4.78, 5) is 0. The molecule has 0 aliphatic rings. The van der Waals surface area contributed by atoms with Crippen LogP contribution in [0.15, 0.2) is 54.6 Å². The average Bonchev–Trinajstić information content (AvgIpc) is 2.41. The van der Waals surface area contributed by atoms with Gasteiger partial charge in [-0.05, 0) is 24.0 Å². The highest BCUT2D eigenvalue weighted by molar-refractivity contribution is 5.23. The summed E-state index contributed by atoms with van der Waals surface area (Å²) in [5.41, 5.74) is 3.72. The summed E-state index contributed by atoms with van der Waals surface area (Å²) in [7, 11) is 0. The second kappa shape index (κ2) is 7.67. The van der Waals surface area contributed by atoms with Crippen molar-refractivity contribution in [1.82, 2.24) is 0 Å². The first-order valence-corrected chi connectivity index (χ1v) is 6.35. The fourth-order valence-corrected chi connectivity index (χ4v) is 1.53. The minimum absolute atomic E-state index is 0.140. The molecule has 0 saturated heterocycles. The highest BCUT2D eigenvalue weighted by Gasteiger charge is 1.95. The zero-order valence-electron chi connectivity index (χ0n) is 11.4. The van der Waals surface area contributed by atoms with E-state index in [1.807, 2.05) is 30.3 Å². The largest absolute Gasteiger partial charge is 0.392 e. The summed E-state index contributed by atoms with van der Waals surface area (Å²) in [6.07, 6.45) is 0. The third kappa shape index (κ3) is 5.15. The predicted octanol–water partition coefficient (Wildman–Crippen LogP) is 4.30. The van der Waals surface area contributed by atoms with Gasteiger partial charge < -0.3 is 5.11 Å². The van der Waals surface area contributed by atoms with Crippen LogP contribution in [0.2, 0.25) is 0 Å². The van der Waals surface area contributed by atoms with Crippen LogP contribution in [-0.4, -0.2) is 5.11 Å². The molecular formula is C17H22O. The van der Waals surface area contributed by atoms with Crippen LogP contribution in [0.4, 0.5) is 0 Å². The van der Waals surface area contributed by atoms with Crippen molar-refractivity contribution in [1.29, 1.82) is 0 Å². The first-order valence-electron chi connectivity index (χ1n) is 6.35. The molecule has 0 atom stereocenters. The minimum atomic E-state index is 0.140. The molecule has 0 aromatic heterocycles. The van der Waals surface area contributed by atoms with E-state index in [9.17, 15) is 0 Å². The van der Waals surface area contributed by atoms with Crippen molar-refractivity contribution in [3.8, 4) is 0 Å². The Bertz CT molecular complexity index is 429. The maximum Gasteiger partial charge on any atom is 0.0681 e. The number of benzene rings is 2. The number of aliphatic hydroxyl groups excluding tert-OH is 1. The van der Waals surface area contributed by atoms with Gasteiger partial charge in [-0.25, -0.2) is 0 Å². The normalized spacial score (nSPS) is 9.83. The Hall–Kier alpha value is -1.60. The van der Waals surface area contributed by atoms with Crippen molar-refractivity contribution in [2.45, 2.75) is 33.3 Å². The van der Waals surface area contributed by atoms with Gasteiger partial charge in [0.15, 0.2) is 0 Å². The third-order valence-corrected chi connectivity index (χ3v) is 2.77. The van der Waals surface area contributed by atoms with E-state index >= 15 is 0 Å². The first-order chi connectivity index (χ1) is 8.63. The van der Waals surface area contributed by atoms with E-state index in [1.165, 1.54) is 11.1 Å². The van der Waals surface area contributed by atoms with Crippen LogP contribution in [0.1, 0.15) is 36.5 Å². The van der Waals surface area contributed by atoms with E-state index in [-0.39, 0.29) is 6.61 Å². The molecule has 2 aromatic rings. The molecule has 18 heavy (non-hydrogen) atoms. The maximum absolute atomic E-state index is 8.54. The topological polar surface area (TPSA) is 20.2 Å². The number of aliphatic hydroxyl groups is 1. The Morgan fingerprint density at radius 2 is 1.44 bits per heavy atom. The summed E-state index contributed by atoms with van der Waals surface area (Å²) < 4.78 is 0. The van der Waals surface area contributed by atoms with Gasteiger partial charge in [0.2, 0.25) is 0 Å². The van der Waals surface area contributed by atoms with E-state index in [2.05, 4.69) is 45.0 Å². The fourth-order valence-electron chi connectivity index (χ4n) is 1.53. The Kier molecular flexibility index (Phi) is 6.16. The fraction of sp³-hybridized carbons (Fsp3) is 0.294. The van der Waals surface area contributed by atoms with Crippen molar-refractivity contribution in [3.05, 3.63) is 71.3 Å². The molecule has 0 unspecified atom stereocenters. The van der Waals surface area contributed by atoms with Gasteiger partial charge in [0.25, 0.3) is 0 Å². The van der Waals surface area contributed by atoms with Crippen LogP contribution in [0.25, 0.3) is 0 Å². The number of hydrogen-bond donors (Lipinski definition) is 1. The Morgan fingerprint density at radius 1 is 0.889 bits per heavy atom. The lowest BCUT2D eigenvalue weighted by molar-refractivity contribution is 0.282. The Morgan fingerprint density at radius 3 is 1.83 bits per heavy atom. The maximum atomic E-state index is 8.54. The molecule has 2 aromatic carbocycles. The van der Waals surface area contributed by atoms with Gasteiger partial charge in [0, 0.05) is 0 Å². The van der Waals surface area contributed by atoms with E-state index in [4.69, 9.17) is 5.11 Å². The van der Waals surface area contributed by atoms with E-state index in [0.717, 1.165) is 5.56 Å². The van der Waals surface area contributed by atoms with Crippen LogP contribution in [-0.2, 0) is 6.61 Å². The summed E-state index contributed by atoms with van der Waals surface area (Å²) in [5, 5.41) is 8.54. The van der Waals surface area contributed by atoms with Crippen LogP contribution < -0.4 is 0 Å². The van der Waals surface area contributed by atoms with Crippen LogP contribution >= 0.6 is 0 Å². The van der Waals surface area contributed by atoms with Gasteiger partial charge in [-0.1, -0.05) is 74.0 Å². The monoisotopic (exact) mass is 242 g/mol. The van der Waals surface area contributed by atoms with Crippen molar-refractivity contribution < 1.29 is 5.11 Å². The first kappa shape index (κ1) is 14.5. The van der Waals surface area contributed by atoms with Gasteiger partial charge in [-0.15, -0.1) is 0 Å². The molecule has 1 heteroatoms. The Balaban J connectivity index is 0.000000184. The van der Waals surface area contributed by atoms with Gasteiger partial charge >= 0.3 is 0 Å². The van der Waals surface area contributed by atoms with Crippen LogP contribution in [0, 0.1) is 6.92 Å². The quantitative estimate of drug-likeness (QED) is 0.832. The smallest absolute Gasteiger partial charge is 0.0681 e. The molecule has 0 bridgehead atoms. The molecule has 1 N–H and O–H groups in total. The van der Waals surface area contributed by atoms with Crippen LogP contribution in [0.3, 0.4) is 0 Å². The summed E-state index contributed by atoms with van der Waals surface area (Å²) >= 11 is 0. The lowest BCUT2D eigenvalue weighted by Gasteiger charge is -2.03. The predicted molar refractivity (Wildman–Crippen MR) is 77.6 cm³/mol. The van der Waals surface area contributed by atoms with Crippen molar-refractivity contribution in [2.75, 3.05) is 0 Å². The molecule has 96 valence electrons. The average molecular weight is 242 g/mol. The number of aryl methyl sites for hydroxylation is 1. The highest BCUT2D eigenvalue weighted by Crippen LogP contribution is 2.13. The molecule has 0 saturated carbocycles. The minimum Gasteiger partial charge on any atom is -0.392 e. The van der Waals surface area contributed by atoms with Crippen molar-refractivity contribution in [2.24, 2.45) is 0 Å². The second-order valence-electron chi connectivity index (χ2n) is 4.71. The zero-order valence-corrected chi connectivity index (χ0v) is 11.4. The molecule has 0 heterocycles. The molecule has 0 spiro atoms. The van der Waals surface area contributed by atoms with Crippen molar-refractivity contribution in [3.63, 3.8) is 0 Å². The number of hydrogen-bond acceptors (Lipinski definition) is 1. The summed E-state index contributed by atoms with van der Waals surface area (Å²) in [5.74, 6) is 0.653. The third-order valence-electron chi connectivity index (χ3n) is 2.77. The summed E-state index contributed by atoms with van der Waals surface area (Å²) in [6.45, 7) is 6.68. The molecule has 1 nitrogen and oxygen atoms in total. The van der Waals surface area contributed by atoms with E-state index in [0.29, 0.717) is 5.92 Å². The lowest BCUT2D eigenvalue weighted by Crippen LogP contribution is -1.85. The van der Waals surface area contributed by atoms with Crippen molar-refractivity contribution >= 4 is 0 Å². The van der Waals surface area contributed by atoms with Gasteiger partial charge in [-0.3, -0.25) is 0 Å². The second-order valence-corrected chi connectivity index (χ2v) is 4.71. The van der Waals surface area contributed by atoms with Gasteiger partial charge in [0.05, 0.1) is 6.61 Å². The molecule has 0 radical (unpaired) electrons. The van der Waals surface area contributed by atoms with Gasteiger partial charge in [0.1, 0.15) is 0 Å². The molecule has 2 rings (SSSR count). The van der Waals surface area contributed by atoms with Crippen LogP contribution in [0.5, 0.6) is 0 Å². The lowest BCUT2D eigenvalue weighted by atomic mass is 10.0. The summed E-state index contributed by atoms with van der Waals surface area (Å²) in [6, 6.07) is 18.2. The molecular weight excluding hydrogens is 220 g/mol. The number of rotatable bonds is 2. The molecule has 0 aliphatic heterocycles. The standard InChI is InChI=1S/C10H14.C7H8O/c1-8(2)10-6-4-9(3)5-7-10;8-6-7-4-2-1-3-5-7/h4-8H,1-3H3;1-5,8H,6H2. The zero-order chi connectivity index (χ0) is 13.4. The molecule has 0 aliphatic carbocycles. The Labute approximate surface area is 110 Å².